The molecule has 2 aromatic rings. The summed E-state index contributed by atoms with van der Waals surface area (Å²) in [6, 6.07) is 5.07. The molecule has 0 unspecified atom stereocenters. The van der Waals surface area contributed by atoms with Crippen LogP contribution in [0.15, 0.2) is 18.2 Å². The molecule has 0 bridgehead atoms. The van der Waals surface area contributed by atoms with Crippen LogP contribution in [0.3, 0.4) is 0 Å². The van der Waals surface area contributed by atoms with Crippen molar-refractivity contribution >= 4 is 34.8 Å². The minimum absolute atomic E-state index is 0.261. The molecular weight excluding hydrogens is 273 g/mol. The Morgan fingerprint density at radius 3 is 2.67 bits per heavy atom. The van der Waals surface area contributed by atoms with Crippen molar-refractivity contribution in [2.45, 2.75) is 13.8 Å². The second-order valence-electron chi connectivity index (χ2n) is 3.86. The second-order valence-corrected chi connectivity index (χ2v) is 4.65. The summed E-state index contributed by atoms with van der Waals surface area (Å²) in [7, 11) is 0. The van der Waals surface area contributed by atoms with E-state index >= 15 is 0 Å². The zero-order valence-corrected chi connectivity index (χ0v) is 11.4. The minimum Gasteiger partial charge on any atom is -0.320 e. The SMILES string of the molecule is Cc1n[nH]c(C)c1C(=O)Nc1cccc(Cl)c1Cl. The summed E-state index contributed by atoms with van der Waals surface area (Å²) in [5.74, 6) is -0.261. The molecule has 1 heterocycles. The third-order valence-electron chi connectivity index (χ3n) is 2.55. The zero-order valence-electron chi connectivity index (χ0n) is 9.84. The Balaban J connectivity index is 2.30. The van der Waals surface area contributed by atoms with Crippen molar-refractivity contribution in [2.24, 2.45) is 0 Å². The average Bonchev–Trinajstić information content (AvgIpc) is 2.65. The highest BCUT2D eigenvalue weighted by atomic mass is 35.5. The summed E-state index contributed by atoms with van der Waals surface area (Å²) in [4.78, 5) is 12.1. The van der Waals surface area contributed by atoms with Gasteiger partial charge in [0.05, 0.1) is 27.0 Å². The molecule has 0 aliphatic heterocycles. The maximum atomic E-state index is 12.1. The average molecular weight is 284 g/mol. The Morgan fingerprint density at radius 2 is 2.06 bits per heavy atom. The Hall–Kier alpha value is -1.52. The summed E-state index contributed by atoms with van der Waals surface area (Å²) in [5, 5.41) is 10.2. The standard InChI is InChI=1S/C12H11Cl2N3O/c1-6-10(7(2)17-16-6)12(18)15-9-5-3-4-8(13)11(9)14/h3-5H,1-2H3,(H,15,18)(H,16,17). The molecule has 4 nitrogen and oxygen atoms in total. The Bertz CT molecular complexity index is 588. The fourth-order valence-electron chi connectivity index (χ4n) is 1.67. The number of aromatic nitrogens is 2. The van der Waals surface area contributed by atoms with Crippen LogP contribution in [-0.2, 0) is 0 Å². The molecule has 0 aliphatic rings. The molecule has 94 valence electrons. The van der Waals surface area contributed by atoms with Crippen molar-refractivity contribution in [3.8, 4) is 0 Å². The van der Waals surface area contributed by atoms with E-state index in [1.54, 1.807) is 32.0 Å². The van der Waals surface area contributed by atoms with E-state index in [0.717, 1.165) is 0 Å². The predicted octanol–water partition coefficient (Wildman–Crippen LogP) is 3.59. The number of nitrogens with zero attached hydrogens (tertiary/aromatic N) is 1. The number of carbonyl (C=O) groups is 1. The highest BCUT2D eigenvalue weighted by Crippen LogP contribution is 2.30. The van der Waals surface area contributed by atoms with Crippen LogP contribution in [0.4, 0.5) is 5.69 Å². The molecule has 1 amide bonds. The van der Waals surface area contributed by atoms with Gasteiger partial charge in [0.1, 0.15) is 0 Å². The molecule has 0 atom stereocenters. The lowest BCUT2D eigenvalue weighted by molar-refractivity contribution is 0.102. The van der Waals surface area contributed by atoms with E-state index in [-0.39, 0.29) is 5.91 Å². The van der Waals surface area contributed by atoms with Gasteiger partial charge in [0.15, 0.2) is 0 Å². The molecule has 18 heavy (non-hydrogen) atoms. The smallest absolute Gasteiger partial charge is 0.259 e. The number of aryl methyl sites for hydroxylation is 2. The Morgan fingerprint density at radius 1 is 1.33 bits per heavy atom. The normalized spacial score (nSPS) is 10.4. The molecule has 0 spiro atoms. The number of hydrogen-bond donors (Lipinski definition) is 2. The van der Waals surface area contributed by atoms with Gasteiger partial charge in [-0.3, -0.25) is 9.89 Å². The van der Waals surface area contributed by atoms with Gasteiger partial charge in [-0.1, -0.05) is 29.3 Å². The number of nitrogens with one attached hydrogen (secondary N) is 2. The Kier molecular flexibility index (Phi) is 3.59. The molecule has 1 aromatic carbocycles. The summed E-state index contributed by atoms with van der Waals surface area (Å²) < 4.78 is 0. The van der Waals surface area contributed by atoms with E-state index in [1.807, 2.05) is 0 Å². The highest BCUT2D eigenvalue weighted by Gasteiger charge is 2.16. The number of rotatable bonds is 2. The number of amides is 1. The minimum atomic E-state index is -0.261. The van der Waals surface area contributed by atoms with Gasteiger partial charge < -0.3 is 5.32 Å². The summed E-state index contributed by atoms with van der Waals surface area (Å²) in [5.41, 5.74) is 2.35. The van der Waals surface area contributed by atoms with Gasteiger partial charge >= 0.3 is 0 Å². The number of halogens is 2. The van der Waals surface area contributed by atoms with E-state index in [2.05, 4.69) is 15.5 Å². The van der Waals surface area contributed by atoms with Crippen LogP contribution >= 0.6 is 23.2 Å². The van der Waals surface area contributed by atoms with Crippen molar-refractivity contribution in [3.05, 3.63) is 45.2 Å². The first-order chi connectivity index (χ1) is 8.50. The van der Waals surface area contributed by atoms with Crippen LogP contribution in [0.2, 0.25) is 10.0 Å². The molecule has 0 radical (unpaired) electrons. The number of anilines is 1. The van der Waals surface area contributed by atoms with Gasteiger partial charge in [0.2, 0.25) is 0 Å². The van der Waals surface area contributed by atoms with Gasteiger partial charge in [-0.25, -0.2) is 0 Å². The fourth-order valence-corrected chi connectivity index (χ4v) is 2.02. The van der Waals surface area contributed by atoms with Crippen molar-refractivity contribution < 1.29 is 4.79 Å². The molecule has 0 fully saturated rings. The van der Waals surface area contributed by atoms with E-state index in [9.17, 15) is 4.79 Å². The summed E-state index contributed by atoms with van der Waals surface area (Å²) >= 11 is 11.9. The van der Waals surface area contributed by atoms with Gasteiger partial charge in [-0.05, 0) is 26.0 Å². The maximum Gasteiger partial charge on any atom is 0.259 e. The van der Waals surface area contributed by atoms with Gasteiger partial charge in [0, 0.05) is 5.69 Å². The van der Waals surface area contributed by atoms with Crippen molar-refractivity contribution in [1.29, 1.82) is 0 Å². The Labute approximate surface area is 114 Å². The number of hydrogen-bond acceptors (Lipinski definition) is 2. The monoisotopic (exact) mass is 283 g/mol. The van der Waals surface area contributed by atoms with E-state index in [0.29, 0.717) is 32.7 Å². The summed E-state index contributed by atoms with van der Waals surface area (Å²) in [6.45, 7) is 3.55. The van der Waals surface area contributed by atoms with E-state index < -0.39 is 0 Å². The van der Waals surface area contributed by atoms with Crippen LogP contribution in [0.5, 0.6) is 0 Å². The third-order valence-corrected chi connectivity index (χ3v) is 3.37. The zero-order chi connectivity index (χ0) is 13.3. The molecular formula is C12H11Cl2N3O. The lowest BCUT2D eigenvalue weighted by Gasteiger charge is -2.08. The number of H-pyrrole nitrogens is 1. The van der Waals surface area contributed by atoms with Crippen LogP contribution in [0.1, 0.15) is 21.7 Å². The van der Waals surface area contributed by atoms with Crippen LogP contribution < -0.4 is 5.32 Å². The van der Waals surface area contributed by atoms with Crippen molar-refractivity contribution in [3.63, 3.8) is 0 Å². The quantitative estimate of drug-likeness (QED) is 0.885. The molecule has 2 N–H and O–H groups in total. The lowest BCUT2D eigenvalue weighted by atomic mass is 10.2. The largest absolute Gasteiger partial charge is 0.320 e. The topological polar surface area (TPSA) is 57.8 Å². The molecule has 2 rings (SSSR count). The maximum absolute atomic E-state index is 12.1. The van der Waals surface area contributed by atoms with Gasteiger partial charge in [-0.2, -0.15) is 5.10 Å². The van der Waals surface area contributed by atoms with Crippen LogP contribution in [0, 0.1) is 13.8 Å². The first kappa shape index (κ1) is 12.9. The lowest BCUT2D eigenvalue weighted by Crippen LogP contribution is -2.14. The number of aromatic amines is 1. The van der Waals surface area contributed by atoms with Crippen LogP contribution in [0.25, 0.3) is 0 Å². The predicted molar refractivity (Wildman–Crippen MR) is 72.5 cm³/mol. The van der Waals surface area contributed by atoms with E-state index in [4.69, 9.17) is 23.2 Å². The third kappa shape index (κ3) is 2.35. The molecule has 1 aromatic heterocycles. The van der Waals surface area contributed by atoms with Crippen molar-refractivity contribution in [1.82, 2.24) is 10.2 Å². The summed E-state index contributed by atoms with van der Waals surface area (Å²) in [6.07, 6.45) is 0. The first-order valence-corrected chi connectivity index (χ1v) is 6.03. The number of carbonyl (C=O) groups excluding carboxylic acids is 1. The number of benzene rings is 1. The highest BCUT2D eigenvalue weighted by molar-refractivity contribution is 6.44. The fraction of sp³-hybridized carbons (Fsp3) is 0.167. The first-order valence-electron chi connectivity index (χ1n) is 5.27. The second kappa shape index (κ2) is 5.00. The van der Waals surface area contributed by atoms with Crippen molar-refractivity contribution in [2.75, 3.05) is 5.32 Å². The molecule has 6 heteroatoms. The molecule has 0 saturated carbocycles. The van der Waals surface area contributed by atoms with E-state index in [1.165, 1.54) is 0 Å². The molecule has 0 saturated heterocycles. The van der Waals surface area contributed by atoms with Gasteiger partial charge in [0.25, 0.3) is 5.91 Å². The van der Waals surface area contributed by atoms with Gasteiger partial charge in [-0.15, -0.1) is 0 Å². The van der Waals surface area contributed by atoms with Crippen LogP contribution in [-0.4, -0.2) is 16.1 Å². The molecule has 0 aliphatic carbocycles.